The Labute approximate surface area is 114 Å². The molecule has 3 nitrogen and oxygen atoms in total. The molecule has 1 aromatic rings. The normalized spacial score (nSPS) is 14.1. The first kappa shape index (κ1) is 13.8. The summed E-state index contributed by atoms with van der Waals surface area (Å²) in [6.45, 7) is 4.77. The van der Waals surface area contributed by atoms with Gasteiger partial charge in [-0.3, -0.25) is 9.59 Å². The minimum absolute atomic E-state index is 0.354. The van der Waals surface area contributed by atoms with E-state index >= 15 is 0 Å². The third-order valence-electron chi connectivity index (χ3n) is 3.61. The van der Waals surface area contributed by atoms with E-state index in [1.165, 1.54) is 19.3 Å². The van der Waals surface area contributed by atoms with Crippen LogP contribution >= 0.6 is 0 Å². The zero-order valence-electron chi connectivity index (χ0n) is 11.7. The second-order valence-electron chi connectivity index (χ2n) is 5.22. The van der Waals surface area contributed by atoms with Gasteiger partial charge in [0, 0.05) is 6.54 Å². The van der Waals surface area contributed by atoms with E-state index in [0.717, 1.165) is 24.1 Å². The highest BCUT2D eigenvalue weighted by Crippen LogP contribution is 2.29. The Morgan fingerprint density at radius 3 is 2.53 bits per heavy atom. The molecule has 0 N–H and O–H groups in total. The number of aryl methyl sites for hydroxylation is 1. The summed E-state index contributed by atoms with van der Waals surface area (Å²) in [5, 5.41) is 0. The first-order valence-corrected chi connectivity index (χ1v) is 7.12. The van der Waals surface area contributed by atoms with E-state index in [9.17, 15) is 9.59 Å². The lowest BCUT2D eigenvalue weighted by molar-refractivity contribution is -0.114. The van der Waals surface area contributed by atoms with E-state index in [1.807, 2.05) is 25.1 Å². The Balaban J connectivity index is 2.02. The molecular formula is C16H21NO2. The monoisotopic (exact) mass is 259 g/mol. The summed E-state index contributed by atoms with van der Waals surface area (Å²) in [5.41, 5.74) is 2.37. The van der Waals surface area contributed by atoms with Crippen molar-refractivity contribution in [2.45, 2.75) is 46.0 Å². The largest absolute Gasteiger partial charge is 0.305 e. The Kier molecular flexibility index (Phi) is 4.35. The summed E-state index contributed by atoms with van der Waals surface area (Å²) in [6, 6.07) is 5.65. The lowest BCUT2D eigenvalue weighted by atomic mass is 10.1. The highest BCUT2D eigenvalue weighted by Gasteiger charge is 2.35. The average Bonchev–Trinajstić information content (AvgIpc) is 2.63. The van der Waals surface area contributed by atoms with Crippen molar-refractivity contribution in [2.24, 2.45) is 0 Å². The zero-order chi connectivity index (χ0) is 13.8. The maximum Gasteiger partial charge on any atom is 0.299 e. The first-order chi connectivity index (χ1) is 9.15. The Hall–Kier alpha value is -1.64. The summed E-state index contributed by atoms with van der Waals surface area (Å²) < 4.78 is 0. The van der Waals surface area contributed by atoms with Crippen LogP contribution in [0.2, 0.25) is 0 Å². The third-order valence-corrected chi connectivity index (χ3v) is 3.61. The topological polar surface area (TPSA) is 37.4 Å². The fourth-order valence-corrected chi connectivity index (χ4v) is 2.51. The molecule has 3 heteroatoms. The molecule has 0 radical (unpaired) electrons. The van der Waals surface area contributed by atoms with Crippen molar-refractivity contribution in [1.82, 2.24) is 0 Å². The van der Waals surface area contributed by atoms with Crippen LogP contribution in [0.5, 0.6) is 0 Å². The first-order valence-electron chi connectivity index (χ1n) is 7.12. The van der Waals surface area contributed by atoms with E-state index in [0.29, 0.717) is 12.1 Å². The van der Waals surface area contributed by atoms with Crippen LogP contribution in [-0.4, -0.2) is 18.2 Å². The average molecular weight is 259 g/mol. The molecule has 0 spiro atoms. The van der Waals surface area contributed by atoms with Crippen LogP contribution in [0.15, 0.2) is 18.2 Å². The Bertz CT molecular complexity index is 494. The van der Waals surface area contributed by atoms with E-state index < -0.39 is 0 Å². The molecule has 1 heterocycles. The van der Waals surface area contributed by atoms with Crippen LogP contribution in [0.4, 0.5) is 5.69 Å². The van der Waals surface area contributed by atoms with Gasteiger partial charge >= 0.3 is 0 Å². The molecule has 102 valence electrons. The SMILES string of the molecule is CCCCCCCN1C(=O)C(=O)c2cc(C)ccc21. The summed E-state index contributed by atoms with van der Waals surface area (Å²) in [7, 11) is 0. The predicted octanol–water partition coefficient (Wildman–Crippen LogP) is 3.49. The van der Waals surface area contributed by atoms with Gasteiger partial charge in [0.2, 0.25) is 0 Å². The van der Waals surface area contributed by atoms with E-state index in [2.05, 4.69) is 6.92 Å². The molecule has 0 unspecified atom stereocenters. The van der Waals surface area contributed by atoms with Crippen molar-refractivity contribution < 1.29 is 9.59 Å². The van der Waals surface area contributed by atoms with Crippen molar-refractivity contribution in [3.05, 3.63) is 29.3 Å². The van der Waals surface area contributed by atoms with Gasteiger partial charge in [0.15, 0.2) is 0 Å². The predicted molar refractivity (Wildman–Crippen MR) is 76.6 cm³/mol. The number of benzene rings is 1. The molecule has 0 atom stereocenters. The van der Waals surface area contributed by atoms with Crippen LogP contribution < -0.4 is 4.90 Å². The summed E-state index contributed by atoms with van der Waals surface area (Å²) in [5.74, 6) is -0.719. The van der Waals surface area contributed by atoms with Gasteiger partial charge < -0.3 is 4.90 Å². The molecule has 0 aliphatic carbocycles. The zero-order valence-corrected chi connectivity index (χ0v) is 11.7. The Morgan fingerprint density at radius 2 is 1.79 bits per heavy atom. The van der Waals surface area contributed by atoms with Gasteiger partial charge in [-0.1, -0.05) is 44.2 Å². The highest BCUT2D eigenvalue weighted by molar-refractivity contribution is 6.52. The molecule has 0 aromatic heterocycles. The number of rotatable bonds is 6. The van der Waals surface area contributed by atoms with Gasteiger partial charge in [-0.05, 0) is 25.5 Å². The van der Waals surface area contributed by atoms with Crippen LogP contribution in [0.3, 0.4) is 0 Å². The number of hydrogen-bond donors (Lipinski definition) is 0. The summed E-state index contributed by atoms with van der Waals surface area (Å²) in [6.07, 6.45) is 5.73. The molecule has 2 rings (SSSR count). The van der Waals surface area contributed by atoms with Gasteiger partial charge in [-0.15, -0.1) is 0 Å². The highest BCUT2D eigenvalue weighted by atomic mass is 16.2. The number of carbonyl (C=O) groups excluding carboxylic acids is 2. The van der Waals surface area contributed by atoms with Crippen molar-refractivity contribution >= 4 is 17.4 Å². The van der Waals surface area contributed by atoms with Crippen LogP contribution in [0, 0.1) is 6.92 Å². The summed E-state index contributed by atoms with van der Waals surface area (Å²) in [4.78, 5) is 25.5. The van der Waals surface area contributed by atoms with E-state index in [4.69, 9.17) is 0 Å². The standard InChI is InChI=1S/C16H21NO2/c1-3-4-5-6-7-10-17-14-9-8-12(2)11-13(14)15(18)16(17)19/h8-9,11H,3-7,10H2,1-2H3. The second kappa shape index (κ2) is 6.00. The molecule has 1 aliphatic heterocycles. The number of ketones is 1. The number of unbranched alkanes of at least 4 members (excludes halogenated alkanes) is 4. The maximum atomic E-state index is 12.0. The third kappa shape index (κ3) is 2.86. The smallest absolute Gasteiger partial charge is 0.299 e. The molecule has 19 heavy (non-hydrogen) atoms. The van der Waals surface area contributed by atoms with Gasteiger partial charge in [0.05, 0.1) is 11.3 Å². The van der Waals surface area contributed by atoms with Crippen molar-refractivity contribution in [3.8, 4) is 0 Å². The number of carbonyl (C=O) groups is 2. The number of anilines is 1. The number of Topliss-reactive ketones (excluding diaryl/α,β-unsaturated/α-hetero) is 1. The van der Waals surface area contributed by atoms with E-state index in [1.54, 1.807) is 4.90 Å². The van der Waals surface area contributed by atoms with Crippen molar-refractivity contribution in [3.63, 3.8) is 0 Å². The van der Waals surface area contributed by atoms with Crippen molar-refractivity contribution in [2.75, 3.05) is 11.4 Å². The van der Waals surface area contributed by atoms with Crippen LogP contribution in [0.25, 0.3) is 0 Å². The number of hydrogen-bond acceptors (Lipinski definition) is 2. The molecule has 1 aromatic carbocycles. The van der Waals surface area contributed by atoms with Crippen LogP contribution in [0.1, 0.15) is 54.9 Å². The number of nitrogens with zero attached hydrogens (tertiary/aromatic N) is 1. The molecule has 1 aliphatic rings. The fourth-order valence-electron chi connectivity index (χ4n) is 2.51. The molecule has 0 bridgehead atoms. The molecule has 0 fully saturated rings. The van der Waals surface area contributed by atoms with E-state index in [-0.39, 0.29) is 11.7 Å². The molecule has 0 saturated heterocycles. The molecule has 1 amide bonds. The lowest BCUT2D eigenvalue weighted by Crippen LogP contribution is -2.30. The number of fused-ring (bicyclic) bond motifs is 1. The lowest BCUT2D eigenvalue weighted by Gasteiger charge is -2.16. The molecule has 0 saturated carbocycles. The van der Waals surface area contributed by atoms with Gasteiger partial charge in [0.1, 0.15) is 0 Å². The Morgan fingerprint density at radius 1 is 1.05 bits per heavy atom. The second-order valence-corrected chi connectivity index (χ2v) is 5.22. The minimum Gasteiger partial charge on any atom is -0.305 e. The van der Waals surface area contributed by atoms with Gasteiger partial charge in [-0.25, -0.2) is 0 Å². The quantitative estimate of drug-likeness (QED) is 0.579. The summed E-state index contributed by atoms with van der Waals surface area (Å²) >= 11 is 0. The number of amides is 1. The van der Waals surface area contributed by atoms with Crippen molar-refractivity contribution in [1.29, 1.82) is 0 Å². The van der Waals surface area contributed by atoms with Gasteiger partial charge in [0.25, 0.3) is 11.7 Å². The minimum atomic E-state index is -0.365. The molecular weight excluding hydrogens is 238 g/mol. The van der Waals surface area contributed by atoms with Gasteiger partial charge in [-0.2, -0.15) is 0 Å². The van der Waals surface area contributed by atoms with Crippen LogP contribution in [-0.2, 0) is 4.79 Å². The fraction of sp³-hybridized carbons (Fsp3) is 0.500. The maximum absolute atomic E-state index is 12.0.